The summed E-state index contributed by atoms with van der Waals surface area (Å²) in [4.78, 5) is 49.2. The second-order valence-corrected chi connectivity index (χ2v) is 11.6. The van der Waals surface area contributed by atoms with E-state index in [0.29, 0.717) is 49.0 Å². The fraction of sp³-hybridized carbons (Fsp3) is 0.455. The first-order valence-corrected chi connectivity index (χ1v) is 15.5. The van der Waals surface area contributed by atoms with Crippen molar-refractivity contribution in [3.05, 3.63) is 71.4 Å². The molecule has 1 saturated carbocycles. The summed E-state index contributed by atoms with van der Waals surface area (Å²) in [5.74, 6) is 0.530. The average molecular weight is 585 g/mol. The molecule has 226 valence electrons. The Bertz CT molecular complexity index is 1470. The first-order valence-electron chi connectivity index (χ1n) is 15.5. The maximum Gasteiger partial charge on any atom is 0.277 e. The third kappa shape index (κ3) is 6.68. The van der Waals surface area contributed by atoms with Gasteiger partial charge in [-0.3, -0.25) is 14.4 Å². The number of benzene rings is 2. The lowest BCUT2D eigenvalue weighted by Crippen LogP contribution is -2.47. The van der Waals surface area contributed by atoms with E-state index in [1.165, 1.54) is 17.5 Å². The monoisotopic (exact) mass is 584 g/mol. The van der Waals surface area contributed by atoms with Gasteiger partial charge in [-0.05, 0) is 61.9 Å². The van der Waals surface area contributed by atoms with Gasteiger partial charge in [-0.1, -0.05) is 25.1 Å². The van der Waals surface area contributed by atoms with Crippen LogP contribution in [0.25, 0.3) is 0 Å². The number of aromatic nitrogens is 1. The molecule has 2 aliphatic heterocycles. The lowest BCUT2D eigenvalue weighted by atomic mass is 10.1. The van der Waals surface area contributed by atoms with Crippen molar-refractivity contribution >= 4 is 34.8 Å². The Kier molecular flexibility index (Phi) is 8.62. The van der Waals surface area contributed by atoms with Crippen LogP contribution in [0, 0.1) is 0 Å². The fourth-order valence-electron chi connectivity index (χ4n) is 5.97. The molecule has 0 unspecified atom stereocenters. The topological polar surface area (TPSA) is 111 Å². The van der Waals surface area contributed by atoms with Crippen molar-refractivity contribution in [3.63, 3.8) is 0 Å². The second-order valence-electron chi connectivity index (χ2n) is 11.6. The molecule has 2 N–H and O–H groups in total. The normalized spacial score (nSPS) is 17.0. The molecule has 0 radical (unpaired) electrons. The molecule has 10 nitrogen and oxygen atoms in total. The molecule has 0 spiro atoms. The number of nitrogens with one attached hydrogen (secondary N) is 2. The van der Waals surface area contributed by atoms with Crippen molar-refractivity contribution in [2.24, 2.45) is 0 Å². The number of likely N-dealkylation sites (tertiary alicyclic amines) is 1. The van der Waals surface area contributed by atoms with Crippen molar-refractivity contribution in [1.82, 2.24) is 15.2 Å². The summed E-state index contributed by atoms with van der Waals surface area (Å²) in [6, 6.07) is 14.0. The minimum atomic E-state index is -0.361. The van der Waals surface area contributed by atoms with Crippen molar-refractivity contribution in [1.29, 1.82) is 0 Å². The molecule has 1 aromatic heterocycles. The quantitative estimate of drug-likeness (QED) is 0.321. The number of nitrogens with zero attached hydrogens (tertiary/aromatic N) is 4. The summed E-state index contributed by atoms with van der Waals surface area (Å²) in [7, 11) is 0. The lowest BCUT2D eigenvalue weighted by molar-refractivity contribution is -0.127. The number of piperazine rings is 1. The highest BCUT2D eigenvalue weighted by Gasteiger charge is 2.30. The Morgan fingerprint density at radius 2 is 1.74 bits per heavy atom. The number of carbonyl (C=O) groups is 3. The Morgan fingerprint density at radius 3 is 2.47 bits per heavy atom. The summed E-state index contributed by atoms with van der Waals surface area (Å²) in [6.45, 7) is 7.34. The van der Waals surface area contributed by atoms with E-state index in [9.17, 15) is 14.4 Å². The van der Waals surface area contributed by atoms with E-state index in [1.54, 1.807) is 6.07 Å². The zero-order valence-electron chi connectivity index (χ0n) is 24.8. The van der Waals surface area contributed by atoms with Gasteiger partial charge in [-0.2, -0.15) is 0 Å². The number of carbonyl (C=O) groups excluding carboxylic acids is 3. The molecule has 6 rings (SSSR count). The third-order valence-corrected chi connectivity index (χ3v) is 8.58. The SMILES string of the molecule is CCc1ccccc1N1CCN(c2ccc(C(=O)NCCCN3CCCC3=O)cc2NC(=O)c2coc(C3CC3)n2)CC1. The van der Waals surface area contributed by atoms with Gasteiger partial charge in [0, 0.05) is 69.4 Å². The molecule has 3 heterocycles. The van der Waals surface area contributed by atoms with Crippen molar-refractivity contribution in [2.45, 2.75) is 51.4 Å². The number of para-hydroxylation sites is 1. The summed E-state index contributed by atoms with van der Waals surface area (Å²) in [6.07, 6.45) is 6.68. The Morgan fingerprint density at radius 1 is 0.977 bits per heavy atom. The predicted molar refractivity (Wildman–Crippen MR) is 166 cm³/mol. The van der Waals surface area contributed by atoms with Gasteiger partial charge in [0.2, 0.25) is 5.91 Å². The van der Waals surface area contributed by atoms with Gasteiger partial charge in [0.05, 0.1) is 11.4 Å². The highest BCUT2D eigenvalue weighted by atomic mass is 16.3. The molecule has 43 heavy (non-hydrogen) atoms. The van der Waals surface area contributed by atoms with Gasteiger partial charge in [-0.15, -0.1) is 0 Å². The first kappa shape index (κ1) is 28.8. The Labute approximate surface area is 252 Å². The molecule has 2 aromatic carbocycles. The van der Waals surface area contributed by atoms with Gasteiger partial charge >= 0.3 is 0 Å². The number of anilines is 3. The molecule has 0 atom stereocenters. The number of aryl methyl sites for hydroxylation is 1. The molecule has 1 aliphatic carbocycles. The molecule has 3 amide bonds. The fourth-order valence-corrected chi connectivity index (χ4v) is 5.97. The van der Waals surface area contributed by atoms with Crippen molar-refractivity contribution in [3.8, 4) is 0 Å². The van der Waals surface area contributed by atoms with E-state index in [4.69, 9.17) is 4.42 Å². The van der Waals surface area contributed by atoms with Gasteiger partial charge in [0.15, 0.2) is 11.6 Å². The second kappa shape index (κ2) is 12.9. The molecule has 3 aromatic rings. The lowest BCUT2D eigenvalue weighted by Gasteiger charge is -2.39. The number of hydrogen-bond acceptors (Lipinski definition) is 7. The number of rotatable bonds is 11. The molecule has 3 fully saturated rings. The van der Waals surface area contributed by atoms with Crippen LogP contribution in [0.2, 0.25) is 0 Å². The van der Waals surface area contributed by atoms with Crippen LogP contribution in [0.15, 0.2) is 53.1 Å². The average Bonchev–Trinajstić information content (AvgIpc) is 3.62. The molecule has 3 aliphatic rings. The van der Waals surface area contributed by atoms with Crippen LogP contribution in [0.1, 0.15) is 77.2 Å². The zero-order chi connectivity index (χ0) is 29.8. The molecular weight excluding hydrogens is 544 g/mol. The summed E-state index contributed by atoms with van der Waals surface area (Å²) >= 11 is 0. The van der Waals surface area contributed by atoms with Crippen LogP contribution in [0.3, 0.4) is 0 Å². The predicted octanol–water partition coefficient (Wildman–Crippen LogP) is 4.44. The van der Waals surface area contributed by atoms with Crippen molar-refractivity contribution < 1.29 is 18.8 Å². The van der Waals surface area contributed by atoms with Gasteiger partial charge < -0.3 is 29.8 Å². The molecule has 0 bridgehead atoms. The largest absolute Gasteiger partial charge is 0.448 e. The van der Waals surface area contributed by atoms with Crippen LogP contribution >= 0.6 is 0 Å². The summed E-state index contributed by atoms with van der Waals surface area (Å²) in [5.41, 5.74) is 4.75. The van der Waals surface area contributed by atoms with E-state index >= 15 is 0 Å². The summed E-state index contributed by atoms with van der Waals surface area (Å²) < 4.78 is 5.55. The Balaban J connectivity index is 1.15. The van der Waals surface area contributed by atoms with E-state index in [0.717, 1.165) is 64.1 Å². The maximum absolute atomic E-state index is 13.3. The van der Waals surface area contributed by atoms with E-state index in [-0.39, 0.29) is 23.4 Å². The minimum Gasteiger partial charge on any atom is -0.448 e. The standard InChI is InChI=1S/C33H40N6O4/c1-2-23-7-3-4-8-28(23)37-17-19-38(20-18-37)29-13-12-25(31(41)34-14-6-16-39-15-5-9-30(39)40)21-26(29)35-32(42)27-22-43-33(36-27)24-10-11-24/h3-4,7-8,12-13,21-22,24H,2,5-6,9-11,14-20H2,1H3,(H,34,41)(H,35,42). The maximum atomic E-state index is 13.3. The van der Waals surface area contributed by atoms with Gasteiger partial charge in [0.1, 0.15) is 6.26 Å². The van der Waals surface area contributed by atoms with Crippen LogP contribution < -0.4 is 20.4 Å². The first-order chi connectivity index (χ1) is 21.0. The van der Waals surface area contributed by atoms with Crippen LogP contribution in [-0.2, 0) is 11.2 Å². The highest BCUT2D eigenvalue weighted by molar-refractivity contribution is 6.06. The van der Waals surface area contributed by atoms with E-state index in [1.807, 2.05) is 17.0 Å². The van der Waals surface area contributed by atoms with Crippen LogP contribution in [0.4, 0.5) is 17.1 Å². The molecule has 10 heteroatoms. The summed E-state index contributed by atoms with van der Waals surface area (Å²) in [5, 5.41) is 5.99. The van der Waals surface area contributed by atoms with Gasteiger partial charge in [-0.25, -0.2) is 4.98 Å². The number of amides is 3. The number of hydrogen-bond donors (Lipinski definition) is 2. The van der Waals surface area contributed by atoms with Crippen molar-refractivity contribution in [2.75, 3.05) is 60.9 Å². The Hall–Kier alpha value is -4.34. The smallest absolute Gasteiger partial charge is 0.277 e. The van der Waals surface area contributed by atoms with Crippen LogP contribution in [0.5, 0.6) is 0 Å². The third-order valence-electron chi connectivity index (χ3n) is 8.58. The highest BCUT2D eigenvalue weighted by Crippen LogP contribution is 2.39. The van der Waals surface area contributed by atoms with Gasteiger partial charge in [0.25, 0.3) is 11.8 Å². The van der Waals surface area contributed by atoms with E-state index < -0.39 is 0 Å². The zero-order valence-corrected chi connectivity index (χ0v) is 24.8. The van der Waals surface area contributed by atoms with E-state index in [2.05, 4.69) is 56.6 Å². The minimum absolute atomic E-state index is 0.189. The number of oxazole rings is 1. The molecular formula is C33H40N6O4. The molecule has 2 saturated heterocycles. The van der Waals surface area contributed by atoms with Crippen LogP contribution in [-0.4, -0.2) is 73.4 Å².